The van der Waals surface area contributed by atoms with Crippen LogP contribution in [0.2, 0.25) is 0 Å². The maximum absolute atomic E-state index is 12.3. The first-order valence-corrected chi connectivity index (χ1v) is 6.92. The molecule has 0 bridgehead atoms. The zero-order chi connectivity index (χ0) is 15.4. The highest BCUT2D eigenvalue weighted by molar-refractivity contribution is 5.94. The summed E-state index contributed by atoms with van der Waals surface area (Å²) >= 11 is 0. The Hall–Kier alpha value is -2.15. The number of rotatable bonds is 4. The summed E-state index contributed by atoms with van der Waals surface area (Å²) in [7, 11) is 1.45. The van der Waals surface area contributed by atoms with E-state index in [0.717, 1.165) is 25.7 Å². The number of amides is 1. The van der Waals surface area contributed by atoms with Gasteiger partial charge in [-0.15, -0.1) is 0 Å². The van der Waals surface area contributed by atoms with Crippen LogP contribution in [0.1, 0.15) is 25.7 Å². The van der Waals surface area contributed by atoms with Gasteiger partial charge in [-0.1, -0.05) is 12.8 Å². The number of hydrogen-bond acceptors (Lipinski definition) is 5. The maximum Gasteiger partial charge on any atom is 0.271 e. The molecule has 1 amide bonds. The lowest BCUT2D eigenvalue weighted by Crippen LogP contribution is -2.40. The smallest absolute Gasteiger partial charge is 0.271 e. The average molecular weight is 293 g/mol. The molecule has 1 aliphatic carbocycles. The van der Waals surface area contributed by atoms with Gasteiger partial charge in [0, 0.05) is 18.2 Å². The third-order valence-electron chi connectivity index (χ3n) is 3.81. The van der Waals surface area contributed by atoms with Crippen LogP contribution in [-0.4, -0.2) is 24.0 Å². The van der Waals surface area contributed by atoms with Crippen LogP contribution in [0.25, 0.3) is 0 Å². The Morgan fingerprint density at radius 2 is 2.14 bits per heavy atom. The molecule has 7 nitrogen and oxygen atoms in total. The summed E-state index contributed by atoms with van der Waals surface area (Å²) in [5.41, 5.74) is 6.18. The number of carbonyl (C=O) groups is 1. The largest absolute Gasteiger partial charge is 0.495 e. The van der Waals surface area contributed by atoms with Crippen LogP contribution in [-0.2, 0) is 4.79 Å². The van der Waals surface area contributed by atoms with Crippen molar-refractivity contribution < 1.29 is 14.5 Å². The minimum absolute atomic E-state index is 0.0981. The highest BCUT2D eigenvalue weighted by Gasteiger charge is 2.29. The van der Waals surface area contributed by atoms with Gasteiger partial charge in [0.1, 0.15) is 5.75 Å². The Morgan fingerprint density at radius 1 is 1.43 bits per heavy atom. The van der Waals surface area contributed by atoms with E-state index >= 15 is 0 Å². The third kappa shape index (κ3) is 3.49. The minimum Gasteiger partial charge on any atom is -0.495 e. The minimum atomic E-state index is -0.512. The van der Waals surface area contributed by atoms with Crippen molar-refractivity contribution in [3.63, 3.8) is 0 Å². The van der Waals surface area contributed by atoms with E-state index in [1.165, 1.54) is 25.3 Å². The van der Waals surface area contributed by atoms with Gasteiger partial charge < -0.3 is 15.8 Å². The van der Waals surface area contributed by atoms with E-state index in [0.29, 0.717) is 11.4 Å². The number of anilines is 1. The lowest BCUT2D eigenvalue weighted by Gasteiger charge is -2.27. The first-order chi connectivity index (χ1) is 10.0. The van der Waals surface area contributed by atoms with E-state index in [-0.39, 0.29) is 23.6 Å². The monoisotopic (exact) mass is 293 g/mol. The number of hydrogen-bond donors (Lipinski definition) is 2. The predicted molar refractivity (Wildman–Crippen MR) is 78.2 cm³/mol. The summed E-state index contributed by atoms with van der Waals surface area (Å²) in [5, 5.41) is 13.5. The number of methoxy groups -OCH3 is 1. The molecular weight excluding hydrogens is 274 g/mol. The van der Waals surface area contributed by atoms with Crippen LogP contribution in [0.5, 0.6) is 5.75 Å². The van der Waals surface area contributed by atoms with E-state index < -0.39 is 4.92 Å². The van der Waals surface area contributed by atoms with Gasteiger partial charge in [0.2, 0.25) is 5.91 Å². The quantitative estimate of drug-likeness (QED) is 0.652. The Morgan fingerprint density at radius 3 is 2.76 bits per heavy atom. The van der Waals surface area contributed by atoms with Gasteiger partial charge in [0.25, 0.3) is 5.69 Å². The summed E-state index contributed by atoms with van der Waals surface area (Å²) in [5.74, 6) is -0.0814. The molecule has 1 fully saturated rings. The number of nitrogens with one attached hydrogen (secondary N) is 1. The fourth-order valence-electron chi connectivity index (χ4n) is 2.62. The van der Waals surface area contributed by atoms with Crippen molar-refractivity contribution in [3.05, 3.63) is 28.3 Å². The molecule has 0 heterocycles. The summed E-state index contributed by atoms with van der Waals surface area (Å²) in [6.45, 7) is 0. The number of nitro benzene ring substituents is 1. The second-order valence-electron chi connectivity index (χ2n) is 5.19. The fourth-order valence-corrected chi connectivity index (χ4v) is 2.62. The van der Waals surface area contributed by atoms with Gasteiger partial charge in [-0.3, -0.25) is 14.9 Å². The number of benzene rings is 1. The van der Waals surface area contributed by atoms with Crippen LogP contribution >= 0.6 is 0 Å². The zero-order valence-corrected chi connectivity index (χ0v) is 11.9. The predicted octanol–water partition coefficient (Wildman–Crippen LogP) is 2.06. The van der Waals surface area contributed by atoms with Crippen molar-refractivity contribution in [1.29, 1.82) is 0 Å². The molecule has 1 saturated carbocycles. The van der Waals surface area contributed by atoms with Crippen LogP contribution in [0, 0.1) is 16.0 Å². The molecule has 1 aromatic rings. The number of non-ortho nitro benzene ring substituents is 1. The number of carbonyl (C=O) groups excluding carboxylic acids is 1. The molecule has 2 unspecified atom stereocenters. The molecule has 0 spiro atoms. The first-order valence-electron chi connectivity index (χ1n) is 6.92. The average Bonchev–Trinajstić information content (AvgIpc) is 2.47. The number of nitrogens with zero attached hydrogens (tertiary/aromatic N) is 1. The van der Waals surface area contributed by atoms with Gasteiger partial charge in [0.15, 0.2) is 0 Å². The van der Waals surface area contributed by atoms with Crippen molar-refractivity contribution in [2.75, 3.05) is 12.4 Å². The molecule has 2 atom stereocenters. The Bertz CT molecular complexity index is 547. The molecule has 114 valence electrons. The van der Waals surface area contributed by atoms with Gasteiger partial charge in [-0.2, -0.15) is 0 Å². The van der Waals surface area contributed by atoms with Crippen LogP contribution in [0.4, 0.5) is 11.4 Å². The molecule has 0 saturated heterocycles. The molecule has 0 radical (unpaired) electrons. The number of nitro groups is 1. The van der Waals surface area contributed by atoms with Gasteiger partial charge in [0.05, 0.1) is 23.6 Å². The number of ether oxygens (including phenoxy) is 1. The number of nitrogens with two attached hydrogens (primary N) is 1. The normalized spacial score (nSPS) is 21.6. The first kappa shape index (κ1) is 15.2. The van der Waals surface area contributed by atoms with Crippen LogP contribution in [0.3, 0.4) is 0 Å². The molecular formula is C14H19N3O4. The Balaban J connectivity index is 2.19. The third-order valence-corrected chi connectivity index (χ3v) is 3.81. The van der Waals surface area contributed by atoms with Crippen LogP contribution in [0.15, 0.2) is 18.2 Å². The summed E-state index contributed by atoms with van der Waals surface area (Å²) < 4.78 is 5.13. The Kier molecular flexibility index (Phi) is 4.74. The molecule has 1 aliphatic rings. The molecule has 7 heteroatoms. The Labute approximate surface area is 122 Å². The maximum atomic E-state index is 12.3. The van der Waals surface area contributed by atoms with E-state index in [1.807, 2.05) is 0 Å². The highest BCUT2D eigenvalue weighted by atomic mass is 16.6. The van der Waals surface area contributed by atoms with Gasteiger partial charge in [-0.05, 0) is 18.9 Å². The molecule has 2 rings (SSSR count). The highest BCUT2D eigenvalue weighted by Crippen LogP contribution is 2.31. The molecule has 0 aromatic heterocycles. The van der Waals surface area contributed by atoms with Crippen molar-refractivity contribution in [2.24, 2.45) is 11.7 Å². The van der Waals surface area contributed by atoms with Crippen molar-refractivity contribution in [1.82, 2.24) is 0 Å². The lowest BCUT2D eigenvalue weighted by atomic mass is 9.84. The standard InChI is InChI=1S/C14H19N3O4/c1-21-13-7-6-9(17(19)20)8-12(13)16-14(18)10-4-2-3-5-11(10)15/h6-8,10-11H,2-5,15H2,1H3,(H,16,18). The van der Waals surface area contributed by atoms with Crippen LogP contribution < -0.4 is 15.8 Å². The second-order valence-corrected chi connectivity index (χ2v) is 5.19. The molecule has 3 N–H and O–H groups in total. The summed E-state index contributed by atoms with van der Waals surface area (Å²) in [4.78, 5) is 22.6. The summed E-state index contributed by atoms with van der Waals surface area (Å²) in [6, 6.07) is 3.93. The summed E-state index contributed by atoms with van der Waals surface area (Å²) in [6.07, 6.45) is 3.57. The van der Waals surface area contributed by atoms with Gasteiger partial charge >= 0.3 is 0 Å². The molecule has 1 aromatic carbocycles. The topological polar surface area (TPSA) is 107 Å². The van der Waals surface area contributed by atoms with E-state index in [4.69, 9.17) is 10.5 Å². The second kappa shape index (κ2) is 6.53. The van der Waals surface area contributed by atoms with E-state index in [1.54, 1.807) is 0 Å². The SMILES string of the molecule is COc1ccc([N+](=O)[O-])cc1NC(=O)C1CCCCC1N. The van der Waals surface area contributed by atoms with Crippen molar-refractivity contribution in [2.45, 2.75) is 31.7 Å². The van der Waals surface area contributed by atoms with Crippen molar-refractivity contribution in [3.8, 4) is 5.75 Å². The fraction of sp³-hybridized carbons (Fsp3) is 0.500. The van der Waals surface area contributed by atoms with E-state index in [2.05, 4.69) is 5.32 Å². The molecule has 21 heavy (non-hydrogen) atoms. The van der Waals surface area contributed by atoms with E-state index in [9.17, 15) is 14.9 Å². The zero-order valence-electron chi connectivity index (χ0n) is 11.9. The van der Waals surface area contributed by atoms with Crippen molar-refractivity contribution >= 4 is 17.3 Å². The lowest BCUT2D eigenvalue weighted by molar-refractivity contribution is -0.384. The van der Waals surface area contributed by atoms with Gasteiger partial charge in [-0.25, -0.2) is 0 Å². The molecule has 0 aliphatic heterocycles.